The molecule has 7 heteroatoms. The van der Waals surface area contributed by atoms with Gasteiger partial charge in [-0.2, -0.15) is 5.26 Å². The average Bonchev–Trinajstić information content (AvgIpc) is 2.39. The van der Waals surface area contributed by atoms with Gasteiger partial charge in [0.05, 0.1) is 0 Å². The SMILES string of the molecule is N#C/C(=C/NCCCCCC(=O)O)C(=O)NCCCl. The van der Waals surface area contributed by atoms with E-state index in [1.54, 1.807) is 6.07 Å². The summed E-state index contributed by atoms with van der Waals surface area (Å²) < 4.78 is 0. The van der Waals surface area contributed by atoms with E-state index in [-0.39, 0.29) is 12.0 Å². The molecule has 0 aromatic carbocycles. The molecule has 6 nitrogen and oxygen atoms in total. The van der Waals surface area contributed by atoms with Crippen LogP contribution < -0.4 is 10.6 Å². The lowest BCUT2D eigenvalue weighted by Crippen LogP contribution is -2.27. The van der Waals surface area contributed by atoms with E-state index >= 15 is 0 Å². The Morgan fingerprint density at radius 3 is 2.58 bits per heavy atom. The molecule has 106 valence electrons. The van der Waals surface area contributed by atoms with E-state index in [2.05, 4.69) is 10.6 Å². The smallest absolute Gasteiger partial charge is 0.303 e. The summed E-state index contributed by atoms with van der Waals surface area (Å²) in [6.45, 7) is 0.905. The first-order chi connectivity index (χ1) is 9.11. The summed E-state index contributed by atoms with van der Waals surface area (Å²) in [4.78, 5) is 21.7. The Bertz CT molecular complexity index is 364. The van der Waals surface area contributed by atoms with E-state index < -0.39 is 11.9 Å². The fourth-order valence-electron chi connectivity index (χ4n) is 1.26. The number of alkyl halides is 1. The van der Waals surface area contributed by atoms with Crippen molar-refractivity contribution in [2.75, 3.05) is 19.0 Å². The predicted molar refractivity (Wildman–Crippen MR) is 71.5 cm³/mol. The minimum Gasteiger partial charge on any atom is -0.481 e. The standard InChI is InChI=1S/C12H18ClN3O3/c13-5-7-16-12(19)10(8-14)9-15-6-3-1-2-4-11(17)18/h9,15H,1-7H2,(H,16,19)(H,17,18)/b10-9-. The molecule has 1 amide bonds. The van der Waals surface area contributed by atoms with Crippen LogP contribution in [0.2, 0.25) is 0 Å². The van der Waals surface area contributed by atoms with Gasteiger partial charge in [0.1, 0.15) is 11.6 Å². The molecular formula is C12H18ClN3O3. The van der Waals surface area contributed by atoms with Gasteiger partial charge in [-0.1, -0.05) is 6.42 Å². The monoisotopic (exact) mass is 287 g/mol. The number of hydrogen-bond donors (Lipinski definition) is 3. The Morgan fingerprint density at radius 2 is 2.00 bits per heavy atom. The number of nitrogens with zero attached hydrogens (tertiary/aromatic N) is 1. The molecule has 0 aliphatic heterocycles. The first kappa shape index (κ1) is 17.3. The quantitative estimate of drug-likeness (QED) is 0.241. The van der Waals surface area contributed by atoms with Crippen LogP contribution in [0.5, 0.6) is 0 Å². The van der Waals surface area contributed by atoms with Gasteiger partial charge in [-0.05, 0) is 12.8 Å². The third-order valence-electron chi connectivity index (χ3n) is 2.20. The van der Waals surface area contributed by atoms with Gasteiger partial charge in [-0.25, -0.2) is 0 Å². The van der Waals surface area contributed by atoms with Crippen LogP contribution in [0.1, 0.15) is 25.7 Å². The summed E-state index contributed by atoms with van der Waals surface area (Å²) in [6, 6.07) is 1.79. The van der Waals surface area contributed by atoms with Gasteiger partial charge >= 0.3 is 5.97 Å². The van der Waals surface area contributed by atoms with Gasteiger partial charge < -0.3 is 15.7 Å². The second-order valence-corrected chi connectivity index (χ2v) is 4.15. The normalized spacial score (nSPS) is 10.6. The van der Waals surface area contributed by atoms with Crippen LogP contribution in [0.15, 0.2) is 11.8 Å². The molecule has 0 aliphatic rings. The summed E-state index contributed by atoms with van der Waals surface area (Å²) in [6.07, 6.45) is 3.72. The van der Waals surface area contributed by atoms with Crippen LogP contribution in [-0.2, 0) is 9.59 Å². The molecule has 0 bridgehead atoms. The minimum absolute atomic E-state index is 0.00403. The number of aliphatic carboxylic acids is 1. The third-order valence-corrected chi connectivity index (χ3v) is 2.39. The molecule has 3 N–H and O–H groups in total. The molecule has 0 saturated carbocycles. The fraction of sp³-hybridized carbons (Fsp3) is 0.583. The maximum absolute atomic E-state index is 11.4. The van der Waals surface area contributed by atoms with Gasteiger partial charge in [0.15, 0.2) is 0 Å². The fourth-order valence-corrected chi connectivity index (χ4v) is 1.35. The number of unbranched alkanes of at least 4 members (excludes halogenated alkanes) is 2. The van der Waals surface area contributed by atoms with Crippen LogP contribution in [0.25, 0.3) is 0 Å². The molecule has 19 heavy (non-hydrogen) atoms. The van der Waals surface area contributed by atoms with Crippen LogP contribution in [0, 0.1) is 11.3 Å². The van der Waals surface area contributed by atoms with E-state index in [1.165, 1.54) is 6.20 Å². The van der Waals surface area contributed by atoms with Gasteiger partial charge in [0, 0.05) is 31.6 Å². The van der Waals surface area contributed by atoms with Crippen molar-refractivity contribution in [1.29, 1.82) is 5.26 Å². The third kappa shape index (κ3) is 9.92. The second-order valence-electron chi connectivity index (χ2n) is 3.77. The second kappa shape index (κ2) is 11.4. The van der Waals surface area contributed by atoms with Gasteiger partial charge in [0.25, 0.3) is 5.91 Å². The number of rotatable bonds is 10. The lowest BCUT2D eigenvalue weighted by Gasteiger charge is -2.03. The summed E-state index contributed by atoms with van der Waals surface area (Å²) >= 11 is 5.42. The molecule has 0 aliphatic carbocycles. The number of amides is 1. The van der Waals surface area contributed by atoms with E-state index in [1.807, 2.05) is 0 Å². The summed E-state index contributed by atoms with van der Waals surface area (Å²) in [7, 11) is 0. The number of halogens is 1. The summed E-state index contributed by atoms with van der Waals surface area (Å²) in [5, 5.41) is 22.6. The number of hydrogen-bond acceptors (Lipinski definition) is 4. The Labute approximate surface area is 117 Å². The van der Waals surface area contributed by atoms with E-state index in [9.17, 15) is 9.59 Å². The zero-order valence-corrected chi connectivity index (χ0v) is 11.4. The number of carbonyl (C=O) groups is 2. The lowest BCUT2D eigenvalue weighted by molar-refractivity contribution is -0.137. The Balaban J connectivity index is 3.80. The summed E-state index contributed by atoms with van der Waals surface area (Å²) in [5.74, 6) is -0.960. The van der Waals surface area contributed by atoms with Gasteiger partial charge in [-0.15, -0.1) is 11.6 Å². The van der Waals surface area contributed by atoms with Crippen LogP contribution in [0.3, 0.4) is 0 Å². The van der Waals surface area contributed by atoms with Crippen molar-refractivity contribution >= 4 is 23.5 Å². The van der Waals surface area contributed by atoms with Gasteiger partial charge in [0.2, 0.25) is 0 Å². The number of carboxylic acids is 1. The molecule has 0 saturated heterocycles. The van der Waals surface area contributed by atoms with Gasteiger partial charge in [-0.3, -0.25) is 9.59 Å². The minimum atomic E-state index is -0.796. The number of nitrogens with one attached hydrogen (secondary N) is 2. The first-order valence-electron chi connectivity index (χ1n) is 6.01. The largest absolute Gasteiger partial charge is 0.481 e. The molecule has 0 rings (SSSR count). The van der Waals surface area contributed by atoms with Crippen molar-refractivity contribution in [3.8, 4) is 6.07 Å². The van der Waals surface area contributed by atoms with Crippen molar-refractivity contribution in [3.63, 3.8) is 0 Å². The first-order valence-corrected chi connectivity index (χ1v) is 6.55. The van der Waals surface area contributed by atoms with Crippen molar-refractivity contribution in [2.45, 2.75) is 25.7 Å². The number of carboxylic acid groups (broad SMARTS) is 1. The molecule has 0 radical (unpaired) electrons. The highest BCUT2D eigenvalue weighted by Crippen LogP contribution is 1.99. The number of nitriles is 1. The van der Waals surface area contributed by atoms with Crippen molar-refractivity contribution in [2.24, 2.45) is 0 Å². The molecule has 0 unspecified atom stereocenters. The van der Waals surface area contributed by atoms with Crippen molar-refractivity contribution in [1.82, 2.24) is 10.6 Å². The molecule has 0 fully saturated rings. The van der Waals surface area contributed by atoms with Crippen molar-refractivity contribution in [3.05, 3.63) is 11.8 Å². The Hall–Kier alpha value is -1.74. The molecular weight excluding hydrogens is 270 g/mol. The Morgan fingerprint density at radius 1 is 1.26 bits per heavy atom. The lowest BCUT2D eigenvalue weighted by atomic mass is 10.2. The predicted octanol–water partition coefficient (Wildman–Crippen LogP) is 0.983. The Kier molecular flexibility index (Phi) is 10.3. The van der Waals surface area contributed by atoms with E-state index in [0.717, 1.165) is 12.8 Å². The summed E-state index contributed by atoms with van der Waals surface area (Å²) in [5.41, 5.74) is -0.00403. The van der Waals surface area contributed by atoms with Crippen LogP contribution >= 0.6 is 11.6 Å². The highest BCUT2D eigenvalue weighted by Gasteiger charge is 2.06. The van der Waals surface area contributed by atoms with Crippen LogP contribution in [0.4, 0.5) is 0 Å². The molecule has 0 heterocycles. The highest BCUT2D eigenvalue weighted by molar-refractivity contribution is 6.18. The molecule has 0 aromatic rings. The average molecular weight is 288 g/mol. The van der Waals surface area contributed by atoms with Crippen molar-refractivity contribution < 1.29 is 14.7 Å². The van der Waals surface area contributed by atoms with Crippen LogP contribution in [-0.4, -0.2) is 36.0 Å². The van der Waals surface area contributed by atoms with E-state index in [0.29, 0.717) is 25.4 Å². The number of carbonyl (C=O) groups excluding carboxylic acids is 1. The van der Waals surface area contributed by atoms with E-state index in [4.69, 9.17) is 22.0 Å². The topological polar surface area (TPSA) is 102 Å². The zero-order chi connectivity index (χ0) is 14.5. The zero-order valence-electron chi connectivity index (χ0n) is 10.6. The molecule has 0 atom stereocenters. The highest BCUT2D eigenvalue weighted by atomic mass is 35.5. The maximum Gasteiger partial charge on any atom is 0.303 e. The molecule has 0 aromatic heterocycles. The molecule has 0 spiro atoms. The maximum atomic E-state index is 11.4.